The molecule has 0 aliphatic rings. The summed E-state index contributed by atoms with van der Waals surface area (Å²) in [7, 11) is 0. The first kappa shape index (κ1) is 23.5. The molecule has 0 aliphatic carbocycles. The van der Waals surface area contributed by atoms with Gasteiger partial charge < -0.3 is 11.4 Å². The first-order valence-corrected chi connectivity index (χ1v) is 12.8. The fourth-order valence-corrected chi connectivity index (χ4v) is 5.46. The summed E-state index contributed by atoms with van der Waals surface area (Å²) in [4.78, 5) is 0. The molecule has 0 fully saturated rings. The lowest BCUT2D eigenvalue weighted by Gasteiger charge is -2.28. The van der Waals surface area contributed by atoms with Crippen molar-refractivity contribution in [3.63, 3.8) is 0 Å². The van der Waals surface area contributed by atoms with Crippen LogP contribution in [-0.2, 0) is 11.4 Å². The minimum absolute atomic E-state index is 0.0129. The summed E-state index contributed by atoms with van der Waals surface area (Å²) in [5.74, 6) is 0. The van der Waals surface area contributed by atoms with E-state index in [9.17, 15) is 0 Å². The summed E-state index contributed by atoms with van der Waals surface area (Å²) in [5, 5.41) is 0. The number of rotatable bonds is 10. The summed E-state index contributed by atoms with van der Waals surface area (Å²) in [5.41, 5.74) is 4.31. The largest absolute Gasteiger partial charge is 0.907 e. The molecule has 4 heteroatoms. The molecule has 166 valence electrons. The lowest BCUT2D eigenvalue weighted by Crippen LogP contribution is -2.34. The van der Waals surface area contributed by atoms with E-state index < -0.39 is 15.1 Å². The zero-order valence-electron chi connectivity index (χ0n) is 19.1. The quantitative estimate of drug-likeness (QED) is 0.242. The molecule has 0 aliphatic heterocycles. The van der Waals surface area contributed by atoms with E-state index >= 15 is 0 Å². The smallest absolute Gasteiger partial charge is 0.452 e. The molecular weight excluding hydrogens is 423 g/mol. The van der Waals surface area contributed by atoms with E-state index in [0.717, 1.165) is 22.3 Å². The summed E-state index contributed by atoms with van der Waals surface area (Å²) >= 11 is -2.59. The zero-order chi connectivity index (χ0) is 22.9. The van der Waals surface area contributed by atoms with Gasteiger partial charge in [0.15, 0.2) is 0 Å². The van der Waals surface area contributed by atoms with E-state index in [1.807, 2.05) is 86.6 Å². The molecule has 0 bridgehead atoms. The van der Waals surface area contributed by atoms with Gasteiger partial charge in [0.2, 0.25) is 0 Å². The molecule has 3 nitrogen and oxygen atoms in total. The van der Waals surface area contributed by atoms with Crippen LogP contribution in [0.2, 0.25) is 0 Å². The van der Waals surface area contributed by atoms with E-state index in [2.05, 4.69) is 48.5 Å². The lowest BCUT2D eigenvalue weighted by atomic mass is 10.0. The predicted octanol–water partition coefficient (Wildman–Crippen LogP) is 7.01. The second kappa shape index (κ2) is 12.0. The van der Waals surface area contributed by atoms with Crippen LogP contribution in [0.15, 0.2) is 121 Å². The molecule has 0 heterocycles. The van der Waals surface area contributed by atoms with Crippen molar-refractivity contribution < 1.29 is 11.4 Å². The molecule has 0 atom stereocenters. The third-order valence-electron chi connectivity index (χ3n) is 5.29. The van der Waals surface area contributed by atoms with Crippen LogP contribution in [-0.4, -0.2) is 21.3 Å². The predicted molar refractivity (Wildman–Crippen MR) is 134 cm³/mol. The van der Waals surface area contributed by atoms with E-state index in [-0.39, 0.29) is 18.3 Å². The lowest BCUT2D eigenvalue weighted by molar-refractivity contribution is 0.0336. The second-order valence-corrected chi connectivity index (χ2v) is 9.54. The molecule has 33 heavy (non-hydrogen) atoms. The summed E-state index contributed by atoms with van der Waals surface area (Å²) < 4.78 is 19.7. The van der Waals surface area contributed by atoms with Crippen LogP contribution < -0.4 is 0 Å². The van der Waals surface area contributed by atoms with Crippen LogP contribution in [0.5, 0.6) is 0 Å². The van der Waals surface area contributed by atoms with Gasteiger partial charge in [0.05, 0.1) is 12.2 Å². The van der Waals surface area contributed by atoms with Crippen LogP contribution in [0.1, 0.15) is 48.3 Å². The van der Waals surface area contributed by atoms with E-state index in [4.69, 9.17) is 11.4 Å². The molecular formula is C29H29AlO3. The Balaban J connectivity index is 1.67. The maximum atomic E-state index is 6.70. The van der Waals surface area contributed by atoms with Gasteiger partial charge in [0.1, 0.15) is 0 Å². The van der Waals surface area contributed by atoms with Gasteiger partial charge in [-0.2, -0.15) is 0 Å². The van der Waals surface area contributed by atoms with Crippen molar-refractivity contribution in [2.75, 3.05) is 0 Å². The molecule has 0 amide bonds. The van der Waals surface area contributed by atoms with Crippen molar-refractivity contribution in [1.82, 2.24) is 0 Å². The molecule has 0 spiro atoms. The average Bonchev–Trinajstić information content (AvgIpc) is 2.87. The first-order valence-electron chi connectivity index (χ1n) is 11.4. The summed E-state index contributed by atoms with van der Waals surface area (Å²) in [6.07, 6.45) is -0.550. The monoisotopic (exact) mass is 452 g/mol. The van der Waals surface area contributed by atoms with Crippen molar-refractivity contribution >= 4 is 15.1 Å². The Bertz CT molecular complexity index is 909. The van der Waals surface area contributed by atoms with E-state index in [0.29, 0.717) is 0 Å². The minimum Gasteiger partial charge on any atom is -0.452 e. The van der Waals surface area contributed by atoms with Crippen molar-refractivity contribution in [3.05, 3.63) is 144 Å². The SMILES string of the molecule is CC(C)[O][Al]([O]C(c1ccccc1)c1ccccc1)[O]C(c1ccccc1)c1ccccc1. The van der Waals surface area contributed by atoms with Gasteiger partial charge in [-0.3, -0.25) is 0 Å². The van der Waals surface area contributed by atoms with Crippen LogP contribution in [0.4, 0.5) is 0 Å². The highest BCUT2D eigenvalue weighted by molar-refractivity contribution is 6.36. The molecule has 4 rings (SSSR count). The van der Waals surface area contributed by atoms with Crippen molar-refractivity contribution in [3.8, 4) is 0 Å². The van der Waals surface area contributed by atoms with Crippen molar-refractivity contribution in [1.29, 1.82) is 0 Å². The molecule has 0 radical (unpaired) electrons. The molecule has 0 saturated heterocycles. The average molecular weight is 453 g/mol. The molecule has 0 aromatic heterocycles. The highest BCUT2D eigenvalue weighted by Gasteiger charge is 2.39. The van der Waals surface area contributed by atoms with Crippen molar-refractivity contribution in [2.24, 2.45) is 0 Å². The van der Waals surface area contributed by atoms with Gasteiger partial charge in [-0.05, 0) is 36.1 Å². The number of benzene rings is 4. The van der Waals surface area contributed by atoms with Crippen LogP contribution in [0, 0.1) is 0 Å². The van der Waals surface area contributed by atoms with Gasteiger partial charge >= 0.3 is 15.1 Å². The van der Waals surface area contributed by atoms with Gasteiger partial charge in [-0.1, -0.05) is 121 Å². The summed E-state index contributed by atoms with van der Waals surface area (Å²) in [6, 6.07) is 41.0. The third kappa shape index (κ3) is 6.65. The van der Waals surface area contributed by atoms with E-state index in [1.54, 1.807) is 0 Å². The number of hydrogen-bond donors (Lipinski definition) is 0. The first-order chi connectivity index (χ1) is 16.2. The third-order valence-corrected chi connectivity index (χ3v) is 7.04. The molecule has 4 aromatic carbocycles. The Morgan fingerprint density at radius 2 is 0.697 bits per heavy atom. The fourth-order valence-electron chi connectivity index (χ4n) is 3.75. The standard InChI is InChI=1S/2C13H11O.C3H7O.Al/c2*14-13(11-7-3-1-4-8-11)12-9-5-2-6-10-12;1-3(2)4;/h2*1-10,13H;3H,1-2H3;/q3*-1;+3. The molecule has 0 N–H and O–H groups in total. The van der Waals surface area contributed by atoms with Crippen molar-refractivity contribution in [2.45, 2.75) is 32.2 Å². The van der Waals surface area contributed by atoms with Crippen LogP contribution >= 0.6 is 0 Å². The zero-order valence-corrected chi connectivity index (χ0v) is 20.2. The highest BCUT2D eigenvalue weighted by atomic mass is 27.3. The maximum absolute atomic E-state index is 6.70. The van der Waals surface area contributed by atoms with Gasteiger partial charge in [-0.15, -0.1) is 0 Å². The Kier molecular flexibility index (Phi) is 8.49. The second-order valence-electron chi connectivity index (χ2n) is 8.15. The topological polar surface area (TPSA) is 27.7 Å². The Hall–Kier alpha value is -2.71. The Morgan fingerprint density at radius 3 is 0.939 bits per heavy atom. The molecule has 0 unspecified atom stereocenters. The number of hydrogen-bond acceptors (Lipinski definition) is 3. The highest BCUT2D eigenvalue weighted by Crippen LogP contribution is 2.31. The van der Waals surface area contributed by atoms with E-state index in [1.165, 1.54) is 0 Å². The van der Waals surface area contributed by atoms with Gasteiger partial charge in [-0.25, -0.2) is 0 Å². The Labute approximate surface area is 202 Å². The fraction of sp³-hybridized carbons (Fsp3) is 0.172. The molecule has 0 saturated carbocycles. The van der Waals surface area contributed by atoms with Crippen LogP contribution in [0.3, 0.4) is 0 Å². The Morgan fingerprint density at radius 1 is 0.424 bits per heavy atom. The summed E-state index contributed by atoms with van der Waals surface area (Å²) in [6.45, 7) is 4.04. The van der Waals surface area contributed by atoms with Crippen LogP contribution in [0.25, 0.3) is 0 Å². The van der Waals surface area contributed by atoms with Gasteiger partial charge in [0, 0.05) is 6.10 Å². The van der Waals surface area contributed by atoms with Gasteiger partial charge in [0.25, 0.3) is 0 Å². The maximum Gasteiger partial charge on any atom is 0.907 e. The minimum atomic E-state index is -2.59. The normalized spacial score (nSPS) is 11.3. The molecule has 4 aromatic rings.